The minimum atomic E-state index is -0.793. The lowest BCUT2D eigenvalue weighted by molar-refractivity contribution is -0.120. The van der Waals surface area contributed by atoms with E-state index >= 15 is 0 Å². The number of carbonyl (C=O) groups excluding carboxylic acids is 1. The summed E-state index contributed by atoms with van der Waals surface area (Å²) in [7, 11) is 0. The van der Waals surface area contributed by atoms with Crippen LogP contribution in [0, 0.1) is 11.7 Å². The fraction of sp³-hybridized carbons (Fsp3) is 0.417. The smallest absolute Gasteiger partial charge is 0.239 e. The highest BCUT2D eigenvalue weighted by Crippen LogP contribution is 2.20. The molecule has 0 saturated heterocycles. The monoisotopic (exact) mass is 240 g/mol. The van der Waals surface area contributed by atoms with Gasteiger partial charge in [0.2, 0.25) is 5.91 Å². The molecule has 94 valence electrons. The van der Waals surface area contributed by atoms with E-state index in [4.69, 9.17) is 5.73 Å². The van der Waals surface area contributed by atoms with Crippen molar-refractivity contribution in [2.45, 2.75) is 19.9 Å². The number of primary amides is 1. The highest BCUT2D eigenvalue weighted by Gasteiger charge is 2.18. The molecule has 1 amide bonds. The number of halogens is 1. The first-order valence-electron chi connectivity index (χ1n) is 5.42. The van der Waals surface area contributed by atoms with Crippen LogP contribution in [0.1, 0.15) is 25.5 Å². The Hall–Kier alpha value is -1.62. The van der Waals surface area contributed by atoms with Crippen LogP contribution in [0.2, 0.25) is 0 Å². The SMILES string of the molecule is CC(C)CNC(C(N)=O)c1cc(O)cc(F)c1. The van der Waals surface area contributed by atoms with Crippen molar-refractivity contribution in [1.82, 2.24) is 5.32 Å². The van der Waals surface area contributed by atoms with Crippen molar-refractivity contribution in [3.63, 3.8) is 0 Å². The van der Waals surface area contributed by atoms with E-state index in [1.54, 1.807) is 0 Å². The summed E-state index contributed by atoms with van der Waals surface area (Å²) < 4.78 is 13.1. The Balaban J connectivity index is 2.93. The molecule has 0 aromatic heterocycles. The lowest BCUT2D eigenvalue weighted by atomic mass is 10.0. The number of hydrogen-bond acceptors (Lipinski definition) is 3. The summed E-state index contributed by atoms with van der Waals surface area (Å²) in [5.41, 5.74) is 5.58. The van der Waals surface area contributed by atoms with Gasteiger partial charge < -0.3 is 16.2 Å². The van der Waals surface area contributed by atoms with Crippen LogP contribution in [0.5, 0.6) is 5.75 Å². The summed E-state index contributed by atoms with van der Waals surface area (Å²) in [4.78, 5) is 11.3. The molecule has 1 rings (SSSR count). The molecule has 0 heterocycles. The molecule has 1 aromatic rings. The van der Waals surface area contributed by atoms with Gasteiger partial charge in [-0.25, -0.2) is 4.39 Å². The van der Waals surface area contributed by atoms with E-state index in [1.807, 2.05) is 13.8 Å². The van der Waals surface area contributed by atoms with E-state index < -0.39 is 17.8 Å². The van der Waals surface area contributed by atoms with Crippen LogP contribution >= 0.6 is 0 Å². The highest BCUT2D eigenvalue weighted by atomic mass is 19.1. The largest absolute Gasteiger partial charge is 0.508 e. The topological polar surface area (TPSA) is 75.3 Å². The Bertz CT molecular complexity index is 387. The van der Waals surface area contributed by atoms with Crippen LogP contribution in [0.3, 0.4) is 0 Å². The van der Waals surface area contributed by atoms with Gasteiger partial charge in [0, 0.05) is 6.07 Å². The zero-order valence-electron chi connectivity index (χ0n) is 9.90. The number of hydrogen-bond donors (Lipinski definition) is 3. The molecule has 1 unspecified atom stereocenters. The van der Waals surface area contributed by atoms with Gasteiger partial charge in [-0.1, -0.05) is 13.8 Å². The van der Waals surface area contributed by atoms with Crippen LogP contribution in [0.15, 0.2) is 18.2 Å². The van der Waals surface area contributed by atoms with Gasteiger partial charge in [-0.05, 0) is 30.2 Å². The van der Waals surface area contributed by atoms with E-state index in [0.717, 1.165) is 6.07 Å². The quantitative estimate of drug-likeness (QED) is 0.726. The molecule has 0 saturated carbocycles. The summed E-state index contributed by atoms with van der Waals surface area (Å²) in [6.45, 7) is 4.53. The van der Waals surface area contributed by atoms with Crippen LogP contribution in [0.4, 0.5) is 4.39 Å². The number of rotatable bonds is 5. The van der Waals surface area contributed by atoms with E-state index in [9.17, 15) is 14.3 Å². The van der Waals surface area contributed by atoms with Gasteiger partial charge in [0.05, 0.1) is 0 Å². The summed E-state index contributed by atoms with van der Waals surface area (Å²) in [5, 5.41) is 12.2. The number of amides is 1. The average molecular weight is 240 g/mol. The molecule has 1 atom stereocenters. The first kappa shape index (κ1) is 13.4. The molecule has 0 aliphatic rings. The normalized spacial score (nSPS) is 12.7. The third kappa shape index (κ3) is 4.03. The summed E-state index contributed by atoms with van der Waals surface area (Å²) >= 11 is 0. The third-order valence-electron chi connectivity index (χ3n) is 2.25. The number of aromatic hydroxyl groups is 1. The van der Waals surface area contributed by atoms with Gasteiger partial charge in [-0.15, -0.1) is 0 Å². The lowest BCUT2D eigenvalue weighted by Gasteiger charge is -2.17. The second-order valence-electron chi connectivity index (χ2n) is 4.38. The van der Waals surface area contributed by atoms with Crippen molar-refractivity contribution < 1.29 is 14.3 Å². The molecule has 0 fully saturated rings. The lowest BCUT2D eigenvalue weighted by Crippen LogP contribution is -2.35. The van der Waals surface area contributed by atoms with Crippen molar-refractivity contribution in [2.75, 3.05) is 6.54 Å². The molecule has 0 aliphatic heterocycles. The molecular weight excluding hydrogens is 223 g/mol. The molecule has 4 nitrogen and oxygen atoms in total. The Morgan fingerprint density at radius 2 is 2.12 bits per heavy atom. The average Bonchev–Trinajstić information content (AvgIpc) is 2.14. The molecule has 0 spiro atoms. The second-order valence-corrected chi connectivity index (χ2v) is 4.38. The number of phenolic OH excluding ortho intramolecular Hbond substituents is 1. The highest BCUT2D eigenvalue weighted by molar-refractivity contribution is 5.81. The van der Waals surface area contributed by atoms with Crippen molar-refractivity contribution in [2.24, 2.45) is 11.7 Å². The van der Waals surface area contributed by atoms with Gasteiger partial charge in [-0.2, -0.15) is 0 Å². The zero-order valence-corrected chi connectivity index (χ0v) is 9.90. The van der Waals surface area contributed by atoms with E-state index in [2.05, 4.69) is 5.32 Å². The van der Waals surface area contributed by atoms with Crippen molar-refractivity contribution in [3.8, 4) is 5.75 Å². The van der Waals surface area contributed by atoms with E-state index in [1.165, 1.54) is 12.1 Å². The van der Waals surface area contributed by atoms with Crippen LogP contribution in [-0.4, -0.2) is 17.6 Å². The predicted molar refractivity (Wildman–Crippen MR) is 62.8 cm³/mol. The Kier molecular flexibility index (Phi) is 4.45. The maximum absolute atomic E-state index is 13.1. The van der Waals surface area contributed by atoms with Crippen molar-refractivity contribution in [1.29, 1.82) is 0 Å². The van der Waals surface area contributed by atoms with Gasteiger partial charge in [-0.3, -0.25) is 4.79 Å². The molecule has 0 radical (unpaired) electrons. The molecule has 0 aliphatic carbocycles. The van der Waals surface area contributed by atoms with Crippen LogP contribution in [0.25, 0.3) is 0 Å². The Morgan fingerprint density at radius 1 is 1.47 bits per heavy atom. The summed E-state index contributed by atoms with van der Waals surface area (Å²) in [6, 6.07) is 2.69. The van der Waals surface area contributed by atoms with Gasteiger partial charge in [0.15, 0.2) is 0 Å². The number of benzene rings is 1. The standard InChI is InChI=1S/C12H17FN2O2/c1-7(2)6-15-11(12(14)17)8-3-9(13)5-10(16)4-8/h3-5,7,11,15-16H,6H2,1-2H3,(H2,14,17). The second kappa shape index (κ2) is 5.63. The first-order valence-corrected chi connectivity index (χ1v) is 5.42. The Labute approximate surface area is 99.6 Å². The number of carbonyl (C=O) groups is 1. The first-order chi connectivity index (χ1) is 7.90. The molecule has 17 heavy (non-hydrogen) atoms. The number of nitrogens with one attached hydrogen (secondary N) is 1. The Morgan fingerprint density at radius 3 is 2.59 bits per heavy atom. The fourth-order valence-electron chi connectivity index (χ4n) is 1.50. The van der Waals surface area contributed by atoms with Gasteiger partial charge in [0.1, 0.15) is 17.6 Å². The van der Waals surface area contributed by atoms with Crippen LogP contribution < -0.4 is 11.1 Å². The van der Waals surface area contributed by atoms with E-state index in [0.29, 0.717) is 18.0 Å². The fourth-order valence-corrected chi connectivity index (χ4v) is 1.50. The van der Waals surface area contributed by atoms with Gasteiger partial charge in [0.25, 0.3) is 0 Å². The maximum atomic E-state index is 13.1. The van der Waals surface area contributed by atoms with Crippen LogP contribution in [-0.2, 0) is 4.79 Å². The minimum absolute atomic E-state index is 0.224. The summed E-state index contributed by atoms with van der Waals surface area (Å²) in [6.07, 6.45) is 0. The maximum Gasteiger partial charge on any atom is 0.239 e. The molecule has 0 bridgehead atoms. The number of phenols is 1. The van der Waals surface area contributed by atoms with Gasteiger partial charge >= 0.3 is 0 Å². The van der Waals surface area contributed by atoms with E-state index in [-0.39, 0.29) is 5.75 Å². The zero-order chi connectivity index (χ0) is 13.0. The summed E-state index contributed by atoms with van der Waals surface area (Å²) in [5.74, 6) is -1.09. The minimum Gasteiger partial charge on any atom is -0.508 e. The van der Waals surface area contributed by atoms with Crippen molar-refractivity contribution >= 4 is 5.91 Å². The predicted octanol–water partition coefficient (Wildman–Crippen LogP) is 1.30. The molecular formula is C12H17FN2O2. The van der Waals surface area contributed by atoms with Crippen molar-refractivity contribution in [3.05, 3.63) is 29.6 Å². The molecule has 4 N–H and O–H groups in total. The number of nitrogens with two attached hydrogens (primary N) is 1. The molecule has 5 heteroatoms. The molecule has 1 aromatic carbocycles. The third-order valence-corrected chi connectivity index (χ3v) is 2.25.